The number of hydrogen-bond acceptors (Lipinski definition) is 3. The quantitative estimate of drug-likeness (QED) is 0.707. The molecule has 0 aliphatic carbocycles. The van der Waals surface area contributed by atoms with E-state index in [9.17, 15) is 13.6 Å². The molecule has 0 fully saturated rings. The average Bonchev–Trinajstić information content (AvgIpc) is 2.78. The predicted octanol–water partition coefficient (Wildman–Crippen LogP) is 4.28. The molecule has 0 unspecified atom stereocenters. The van der Waals surface area contributed by atoms with Gasteiger partial charge in [-0.1, -0.05) is 24.3 Å². The van der Waals surface area contributed by atoms with Gasteiger partial charge >= 0.3 is 0 Å². The number of amides is 1. The molecule has 0 spiro atoms. The van der Waals surface area contributed by atoms with Crippen LogP contribution in [0, 0.1) is 18.6 Å². The van der Waals surface area contributed by atoms with Gasteiger partial charge in [-0.05, 0) is 73.3 Å². The number of aryl methyl sites for hydroxylation is 1. The standard InChI is InChI=1S/C24H25F2N3O/c1-15-14-18(16-6-10-27-11-7-16)2-3-19(15)24(30)29-21-5-4-20(22(25)23(21)26)17-8-12-28-13-9-17/h2-6,8,14,27-28H,7,9-13H2,1H3,(H,29,30). The highest BCUT2D eigenvalue weighted by molar-refractivity contribution is 6.05. The van der Waals surface area contributed by atoms with Crippen molar-refractivity contribution in [2.75, 3.05) is 31.5 Å². The molecule has 1 amide bonds. The minimum absolute atomic E-state index is 0.152. The Balaban J connectivity index is 1.54. The van der Waals surface area contributed by atoms with Crippen LogP contribution in [0.3, 0.4) is 0 Å². The van der Waals surface area contributed by atoms with Crippen molar-refractivity contribution in [3.8, 4) is 0 Å². The van der Waals surface area contributed by atoms with Crippen LogP contribution in [-0.2, 0) is 0 Å². The molecule has 156 valence electrons. The summed E-state index contributed by atoms with van der Waals surface area (Å²) in [6.07, 6.45) is 5.59. The Kier molecular flexibility index (Phi) is 6.06. The zero-order chi connectivity index (χ0) is 21.1. The summed E-state index contributed by atoms with van der Waals surface area (Å²) in [6, 6.07) is 8.58. The van der Waals surface area contributed by atoms with Crippen molar-refractivity contribution in [1.82, 2.24) is 10.6 Å². The fraction of sp³-hybridized carbons (Fsp3) is 0.292. The maximum absolute atomic E-state index is 14.7. The summed E-state index contributed by atoms with van der Waals surface area (Å²) in [5.74, 6) is -2.41. The van der Waals surface area contributed by atoms with Gasteiger partial charge < -0.3 is 16.0 Å². The molecule has 4 rings (SSSR count). The molecule has 0 saturated carbocycles. The minimum Gasteiger partial charge on any atom is -0.319 e. The monoisotopic (exact) mass is 409 g/mol. The number of halogens is 2. The number of hydrogen-bond donors (Lipinski definition) is 3. The van der Waals surface area contributed by atoms with Crippen LogP contribution in [0.4, 0.5) is 14.5 Å². The second-order valence-corrected chi connectivity index (χ2v) is 7.64. The summed E-state index contributed by atoms with van der Waals surface area (Å²) in [4.78, 5) is 12.7. The van der Waals surface area contributed by atoms with E-state index in [1.54, 1.807) is 6.07 Å². The smallest absolute Gasteiger partial charge is 0.256 e. The Hall–Kier alpha value is -2.83. The molecule has 2 aliphatic rings. The summed E-state index contributed by atoms with van der Waals surface area (Å²) >= 11 is 0. The van der Waals surface area contributed by atoms with Crippen molar-refractivity contribution in [3.05, 3.63) is 76.4 Å². The molecule has 3 N–H and O–H groups in total. The van der Waals surface area contributed by atoms with Crippen molar-refractivity contribution in [3.63, 3.8) is 0 Å². The van der Waals surface area contributed by atoms with Crippen LogP contribution in [0.2, 0.25) is 0 Å². The largest absolute Gasteiger partial charge is 0.319 e. The summed E-state index contributed by atoms with van der Waals surface area (Å²) in [6.45, 7) is 4.99. The molecule has 0 radical (unpaired) electrons. The molecule has 30 heavy (non-hydrogen) atoms. The number of anilines is 1. The second-order valence-electron chi connectivity index (χ2n) is 7.64. The van der Waals surface area contributed by atoms with Crippen molar-refractivity contribution < 1.29 is 13.6 Å². The number of rotatable bonds is 4. The molecule has 0 aromatic heterocycles. The van der Waals surface area contributed by atoms with Gasteiger partial charge in [-0.15, -0.1) is 0 Å². The first-order valence-electron chi connectivity index (χ1n) is 10.2. The second kappa shape index (κ2) is 8.90. The lowest BCUT2D eigenvalue weighted by atomic mass is 9.96. The molecular formula is C24H25F2N3O. The van der Waals surface area contributed by atoms with Crippen LogP contribution in [0.15, 0.2) is 42.5 Å². The van der Waals surface area contributed by atoms with Gasteiger partial charge in [-0.25, -0.2) is 8.78 Å². The Morgan fingerprint density at radius 1 is 0.933 bits per heavy atom. The van der Waals surface area contributed by atoms with Gasteiger partial charge in [-0.3, -0.25) is 4.79 Å². The van der Waals surface area contributed by atoms with E-state index in [0.717, 1.165) is 42.8 Å². The van der Waals surface area contributed by atoms with Crippen LogP contribution in [0.5, 0.6) is 0 Å². The highest BCUT2D eigenvalue weighted by Crippen LogP contribution is 2.29. The lowest BCUT2D eigenvalue weighted by molar-refractivity contribution is 0.102. The van der Waals surface area contributed by atoms with E-state index < -0.39 is 17.5 Å². The van der Waals surface area contributed by atoms with Crippen LogP contribution < -0.4 is 16.0 Å². The number of nitrogens with one attached hydrogen (secondary N) is 3. The predicted molar refractivity (Wildman–Crippen MR) is 116 cm³/mol. The topological polar surface area (TPSA) is 53.2 Å². The van der Waals surface area contributed by atoms with Crippen molar-refractivity contribution >= 4 is 22.7 Å². The van der Waals surface area contributed by atoms with Gasteiger partial charge in [0.25, 0.3) is 5.91 Å². The van der Waals surface area contributed by atoms with Gasteiger partial charge in [0.15, 0.2) is 11.6 Å². The van der Waals surface area contributed by atoms with Crippen molar-refractivity contribution in [2.24, 2.45) is 0 Å². The molecule has 0 bridgehead atoms. The molecule has 4 nitrogen and oxygen atoms in total. The molecule has 0 saturated heterocycles. The lowest BCUT2D eigenvalue weighted by Crippen LogP contribution is -2.21. The molecule has 2 aromatic carbocycles. The Bertz CT molecular complexity index is 1040. The third-order valence-corrected chi connectivity index (χ3v) is 5.65. The average molecular weight is 409 g/mol. The summed E-state index contributed by atoms with van der Waals surface area (Å²) in [5.41, 5.74) is 4.45. The molecule has 2 heterocycles. The van der Waals surface area contributed by atoms with E-state index in [-0.39, 0.29) is 11.3 Å². The van der Waals surface area contributed by atoms with Crippen molar-refractivity contribution in [2.45, 2.75) is 19.8 Å². The SMILES string of the molecule is Cc1cc(C2=CCNCC2)ccc1C(=O)Nc1ccc(C2=CCNCC2)c(F)c1F. The zero-order valence-corrected chi connectivity index (χ0v) is 16.9. The number of benzene rings is 2. The van der Waals surface area contributed by atoms with Gasteiger partial charge in [0.1, 0.15) is 0 Å². The minimum atomic E-state index is -1.03. The lowest BCUT2D eigenvalue weighted by Gasteiger charge is -2.17. The molecule has 0 atom stereocenters. The third kappa shape index (κ3) is 4.20. The first kappa shape index (κ1) is 20.4. The Morgan fingerprint density at radius 3 is 2.27 bits per heavy atom. The van der Waals surface area contributed by atoms with Crippen molar-refractivity contribution in [1.29, 1.82) is 0 Å². The summed E-state index contributed by atoms with van der Waals surface area (Å²) in [5, 5.41) is 8.95. The maximum Gasteiger partial charge on any atom is 0.256 e. The number of carbonyl (C=O) groups excluding carboxylic acids is 1. The van der Waals surface area contributed by atoms with E-state index in [1.165, 1.54) is 17.7 Å². The van der Waals surface area contributed by atoms with E-state index in [2.05, 4.69) is 22.0 Å². The first-order chi connectivity index (χ1) is 14.5. The van der Waals surface area contributed by atoms with Crippen LogP contribution in [0.1, 0.15) is 39.9 Å². The van der Waals surface area contributed by atoms with Gasteiger partial charge in [0.05, 0.1) is 5.69 Å². The van der Waals surface area contributed by atoms with Gasteiger partial charge in [0, 0.05) is 24.2 Å². The fourth-order valence-corrected chi connectivity index (χ4v) is 3.95. The van der Waals surface area contributed by atoms with Crippen LogP contribution >= 0.6 is 0 Å². The van der Waals surface area contributed by atoms with E-state index in [1.807, 2.05) is 25.1 Å². The van der Waals surface area contributed by atoms with Crippen LogP contribution in [0.25, 0.3) is 11.1 Å². The maximum atomic E-state index is 14.7. The third-order valence-electron chi connectivity index (χ3n) is 5.65. The molecule has 2 aliphatic heterocycles. The van der Waals surface area contributed by atoms with E-state index in [4.69, 9.17) is 0 Å². The summed E-state index contributed by atoms with van der Waals surface area (Å²) < 4.78 is 29.3. The number of carbonyl (C=O) groups is 1. The van der Waals surface area contributed by atoms with Gasteiger partial charge in [-0.2, -0.15) is 0 Å². The highest BCUT2D eigenvalue weighted by atomic mass is 19.2. The summed E-state index contributed by atoms with van der Waals surface area (Å²) in [7, 11) is 0. The molecule has 2 aromatic rings. The normalized spacial score (nSPS) is 16.6. The molecule has 6 heteroatoms. The van der Waals surface area contributed by atoms with Gasteiger partial charge in [0.2, 0.25) is 0 Å². The highest BCUT2D eigenvalue weighted by Gasteiger charge is 2.20. The first-order valence-corrected chi connectivity index (χ1v) is 10.2. The van der Waals surface area contributed by atoms with Crippen LogP contribution in [-0.4, -0.2) is 32.1 Å². The Morgan fingerprint density at radius 2 is 1.63 bits per heavy atom. The van der Waals surface area contributed by atoms with E-state index in [0.29, 0.717) is 18.5 Å². The fourth-order valence-electron chi connectivity index (χ4n) is 3.95. The Labute approximate surface area is 175 Å². The zero-order valence-electron chi connectivity index (χ0n) is 16.9. The van der Waals surface area contributed by atoms with E-state index >= 15 is 0 Å². The molecular weight excluding hydrogens is 384 g/mol.